The van der Waals surface area contributed by atoms with Crippen molar-refractivity contribution in [2.45, 2.75) is 44.6 Å². The van der Waals surface area contributed by atoms with E-state index in [2.05, 4.69) is 5.10 Å². The Kier molecular flexibility index (Phi) is 4.31. The molecule has 4 nitrogen and oxygen atoms in total. The summed E-state index contributed by atoms with van der Waals surface area (Å²) in [4.78, 5) is 11.7. The van der Waals surface area contributed by atoms with Gasteiger partial charge in [0.05, 0.1) is 6.10 Å². The van der Waals surface area contributed by atoms with E-state index in [0.717, 1.165) is 38.0 Å². The van der Waals surface area contributed by atoms with Crippen molar-refractivity contribution in [3.8, 4) is 0 Å². The maximum Gasteiger partial charge on any atom is 0.133 e. The fraction of sp³-hybridized carbons (Fsp3) is 0.692. The molecule has 0 N–H and O–H groups in total. The summed E-state index contributed by atoms with van der Waals surface area (Å²) in [6.45, 7) is 0.869. The maximum atomic E-state index is 11.7. The van der Waals surface area contributed by atoms with E-state index in [1.807, 2.05) is 17.8 Å². The van der Waals surface area contributed by atoms with Crippen LogP contribution in [0.3, 0.4) is 0 Å². The SMILES string of the molecule is Cn1nccc1CCC(=O)CCC1CCCO1. The highest BCUT2D eigenvalue weighted by Gasteiger charge is 2.16. The van der Waals surface area contributed by atoms with Crippen molar-refractivity contribution in [1.29, 1.82) is 0 Å². The van der Waals surface area contributed by atoms with Crippen molar-refractivity contribution in [2.24, 2.45) is 7.05 Å². The van der Waals surface area contributed by atoms with Gasteiger partial charge in [-0.2, -0.15) is 5.10 Å². The molecule has 1 aliphatic heterocycles. The van der Waals surface area contributed by atoms with Gasteiger partial charge in [0, 0.05) is 38.4 Å². The first kappa shape index (κ1) is 12.3. The van der Waals surface area contributed by atoms with Crippen LogP contribution in [-0.2, 0) is 23.0 Å². The van der Waals surface area contributed by atoms with E-state index in [-0.39, 0.29) is 0 Å². The largest absolute Gasteiger partial charge is 0.378 e. The highest BCUT2D eigenvalue weighted by molar-refractivity contribution is 5.78. The third-order valence-corrected chi connectivity index (χ3v) is 3.35. The van der Waals surface area contributed by atoms with Crippen LogP contribution < -0.4 is 0 Å². The number of aromatic nitrogens is 2. The number of carbonyl (C=O) groups is 1. The molecule has 1 atom stereocenters. The molecule has 2 rings (SSSR count). The summed E-state index contributed by atoms with van der Waals surface area (Å²) in [5.74, 6) is 0.335. The number of hydrogen-bond donors (Lipinski definition) is 0. The third-order valence-electron chi connectivity index (χ3n) is 3.35. The van der Waals surface area contributed by atoms with Gasteiger partial charge in [-0.25, -0.2) is 0 Å². The molecule has 1 aromatic heterocycles. The molecule has 2 heterocycles. The third kappa shape index (κ3) is 3.66. The van der Waals surface area contributed by atoms with E-state index in [0.29, 0.717) is 24.7 Å². The zero-order chi connectivity index (χ0) is 12.1. The maximum absolute atomic E-state index is 11.7. The lowest BCUT2D eigenvalue weighted by atomic mass is 10.0. The van der Waals surface area contributed by atoms with Crippen LogP contribution in [0.1, 0.15) is 37.8 Å². The summed E-state index contributed by atoms with van der Waals surface area (Å²) in [7, 11) is 1.91. The molecule has 0 radical (unpaired) electrons. The lowest BCUT2D eigenvalue weighted by Crippen LogP contribution is -2.10. The predicted molar refractivity (Wildman–Crippen MR) is 64.7 cm³/mol. The van der Waals surface area contributed by atoms with Gasteiger partial charge in [-0.05, 0) is 31.7 Å². The molecule has 94 valence electrons. The molecule has 4 heteroatoms. The number of ketones is 1. The Morgan fingerprint density at radius 2 is 2.47 bits per heavy atom. The van der Waals surface area contributed by atoms with Gasteiger partial charge in [0.1, 0.15) is 5.78 Å². The number of hydrogen-bond acceptors (Lipinski definition) is 3. The summed E-state index contributed by atoms with van der Waals surface area (Å²) in [6.07, 6.45) is 7.32. The molecular formula is C13H20N2O2. The first-order valence-electron chi connectivity index (χ1n) is 6.36. The normalized spacial score (nSPS) is 19.7. The molecule has 0 bridgehead atoms. The van der Waals surface area contributed by atoms with E-state index >= 15 is 0 Å². The van der Waals surface area contributed by atoms with Crippen molar-refractivity contribution in [3.05, 3.63) is 18.0 Å². The van der Waals surface area contributed by atoms with Crippen LogP contribution in [0.15, 0.2) is 12.3 Å². The fourth-order valence-corrected chi connectivity index (χ4v) is 2.23. The topological polar surface area (TPSA) is 44.1 Å². The quantitative estimate of drug-likeness (QED) is 0.757. The highest BCUT2D eigenvalue weighted by atomic mass is 16.5. The van der Waals surface area contributed by atoms with E-state index in [1.54, 1.807) is 6.20 Å². The predicted octanol–water partition coefficient (Wildman–Crippen LogP) is 1.88. The summed E-state index contributed by atoms with van der Waals surface area (Å²) >= 11 is 0. The van der Waals surface area contributed by atoms with Gasteiger partial charge in [0.2, 0.25) is 0 Å². The number of ether oxygens (including phenoxy) is 1. The molecule has 0 aliphatic carbocycles. The molecular weight excluding hydrogens is 216 g/mol. The number of carbonyl (C=O) groups excluding carboxylic acids is 1. The average Bonchev–Trinajstić information content (AvgIpc) is 2.95. The van der Waals surface area contributed by atoms with Gasteiger partial charge < -0.3 is 4.74 Å². The Morgan fingerprint density at radius 1 is 1.59 bits per heavy atom. The Morgan fingerprint density at radius 3 is 3.12 bits per heavy atom. The molecule has 1 aromatic rings. The molecule has 17 heavy (non-hydrogen) atoms. The Balaban J connectivity index is 1.65. The van der Waals surface area contributed by atoms with E-state index in [4.69, 9.17) is 4.74 Å². The van der Waals surface area contributed by atoms with Crippen molar-refractivity contribution >= 4 is 5.78 Å². The summed E-state index contributed by atoms with van der Waals surface area (Å²) in [6, 6.07) is 1.97. The lowest BCUT2D eigenvalue weighted by molar-refractivity contribution is -0.119. The monoisotopic (exact) mass is 236 g/mol. The molecule has 1 saturated heterocycles. The van der Waals surface area contributed by atoms with Gasteiger partial charge in [-0.15, -0.1) is 0 Å². The van der Waals surface area contributed by atoms with Crippen LogP contribution in [0.25, 0.3) is 0 Å². The van der Waals surface area contributed by atoms with E-state index < -0.39 is 0 Å². The highest BCUT2D eigenvalue weighted by Crippen LogP contribution is 2.17. The van der Waals surface area contributed by atoms with Crippen molar-refractivity contribution in [2.75, 3.05) is 6.61 Å². The van der Waals surface area contributed by atoms with E-state index in [9.17, 15) is 4.79 Å². The van der Waals surface area contributed by atoms with Gasteiger partial charge in [-0.3, -0.25) is 9.48 Å². The smallest absolute Gasteiger partial charge is 0.133 e. The fourth-order valence-electron chi connectivity index (χ4n) is 2.23. The Labute approximate surface area is 102 Å². The molecule has 1 aliphatic rings. The Hall–Kier alpha value is -1.16. The molecule has 0 spiro atoms. The minimum absolute atomic E-state index is 0.329. The van der Waals surface area contributed by atoms with Crippen LogP contribution in [0.4, 0.5) is 0 Å². The second-order valence-corrected chi connectivity index (χ2v) is 4.66. The standard InChI is InChI=1S/C13H20N2O2/c1-15-11(8-9-14-15)4-5-12(16)6-7-13-3-2-10-17-13/h8-9,13H,2-7,10H2,1H3. The number of aryl methyl sites for hydroxylation is 2. The van der Waals surface area contributed by atoms with Crippen molar-refractivity contribution in [3.63, 3.8) is 0 Å². The first-order chi connectivity index (χ1) is 8.25. The van der Waals surface area contributed by atoms with Gasteiger partial charge in [0.15, 0.2) is 0 Å². The molecule has 0 amide bonds. The molecule has 0 aromatic carbocycles. The zero-order valence-corrected chi connectivity index (χ0v) is 10.4. The van der Waals surface area contributed by atoms with Gasteiger partial charge in [-0.1, -0.05) is 0 Å². The lowest BCUT2D eigenvalue weighted by Gasteiger charge is -2.08. The average molecular weight is 236 g/mol. The molecule has 1 unspecified atom stereocenters. The van der Waals surface area contributed by atoms with Crippen LogP contribution in [0, 0.1) is 0 Å². The first-order valence-corrected chi connectivity index (χ1v) is 6.36. The summed E-state index contributed by atoms with van der Waals surface area (Å²) < 4.78 is 7.33. The molecule has 0 saturated carbocycles. The number of nitrogens with zero attached hydrogens (tertiary/aromatic N) is 2. The van der Waals surface area contributed by atoms with Crippen molar-refractivity contribution in [1.82, 2.24) is 9.78 Å². The summed E-state index contributed by atoms with van der Waals surface area (Å²) in [5, 5.41) is 4.09. The minimum atomic E-state index is 0.329. The number of rotatable bonds is 6. The number of Topliss-reactive ketones (excluding diaryl/α,β-unsaturated/α-hetero) is 1. The summed E-state index contributed by atoms with van der Waals surface area (Å²) in [5.41, 5.74) is 1.12. The van der Waals surface area contributed by atoms with Crippen LogP contribution in [0.2, 0.25) is 0 Å². The molecule has 1 fully saturated rings. The van der Waals surface area contributed by atoms with Gasteiger partial charge in [0.25, 0.3) is 0 Å². The van der Waals surface area contributed by atoms with Crippen molar-refractivity contribution < 1.29 is 9.53 Å². The second kappa shape index (κ2) is 5.96. The van der Waals surface area contributed by atoms with E-state index in [1.165, 1.54) is 0 Å². The second-order valence-electron chi connectivity index (χ2n) is 4.66. The Bertz CT molecular complexity index is 367. The van der Waals surface area contributed by atoms with Crippen LogP contribution in [-0.4, -0.2) is 28.3 Å². The minimum Gasteiger partial charge on any atom is -0.378 e. The van der Waals surface area contributed by atoms with Crippen LogP contribution in [0.5, 0.6) is 0 Å². The van der Waals surface area contributed by atoms with Gasteiger partial charge >= 0.3 is 0 Å². The van der Waals surface area contributed by atoms with Crippen LogP contribution >= 0.6 is 0 Å². The zero-order valence-electron chi connectivity index (χ0n) is 10.4.